The van der Waals surface area contributed by atoms with Gasteiger partial charge >= 0.3 is 5.97 Å². The van der Waals surface area contributed by atoms with Crippen LogP contribution >= 0.6 is 0 Å². The largest absolute Gasteiger partial charge is 0.483 e. The first kappa shape index (κ1) is 11.4. The first-order valence-corrected chi connectivity index (χ1v) is 5.41. The number of amides is 1. The second-order valence-electron chi connectivity index (χ2n) is 3.93. The van der Waals surface area contributed by atoms with Gasteiger partial charge in [-0.25, -0.2) is 4.79 Å². The van der Waals surface area contributed by atoms with Crippen molar-refractivity contribution in [2.45, 2.75) is 18.9 Å². The van der Waals surface area contributed by atoms with E-state index < -0.39 is 5.97 Å². The van der Waals surface area contributed by atoms with Crippen molar-refractivity contribution in [1.82, 2.24) is 5.32 Å². The number of carbonyl (C=O) groups excluding carboxylic acids is 1. The van der Waals surface area contributed by atoms with Gasteiger partial charge in [-0.1, -0.05) is 12.1 Å². The molecule has 1 aromatic rings. The molecule has 0 atom stereocenters. The number of nitrogens with one attached hydrogen (secondary N) is 1. The Kier molecular flexibility index (Phi) is 3.27. The molecule has 0 spiro atoms. The van der Waals surface area contributed by atoms with Gasteiger partial charge in [0.1, 0.15) is 11.3 Å². The predicted octanol–water partition coefficient (Wildman–Crippen LogP) is 1.04. The van der Waals surface area contributed by atoms with Gasteiger partial charge in [0.2, 0.25) is 0 Å². The maximum atomic E-state index is 11.4. The maximum Gasteiger partial charge on any atom is 0.339 e. The number of carboxylic acid groups (broad SMARTS) is 1. The summed E-state index contributed by atoms with van der Waals surface area (Å²) in [6.45, 7) is -0.152. The Morgan fingerprint density at radius 2 is 2.06 bits per heavy atom. The van der Waals surface area contributed by atoms with E-state index in [1.807, 2.05) is 0 Å². The summed E-state index contributed by atoms with van der Waals surface area (Å²) in [5.41, 5.74) is 0.0618. The van der Waals surface area contributed by atoms with Gasteiger partial charge in [-0.2, -0.15) is 0 Å². The topological polar surface area (TPSA) is 75.6 Å². The van der Waals surface area contributed by atoms with Crippen LogP contribution in [0.2, 0.25) is 0 Å². The highest BCUT2D eigenvalue weighted by Gasteiger charge is 2.23. The zero-order valence-corrected chi connectivity index (χ0v) is 9.18. The van der Waals surface area contributed by atoms with Gasteiger partial charge in [-0.05, 0) is 25.0 Å². The van der Waals surface area contributed by atoms with Crippen LogP contribution in [0.25, 0.3) is 0 Å². The quantitative estimate of drug-likeness (QED) is 0.799. The summed E-state index contributed by atoms with van der Waals surface area (Å²) in [6, 6.07) is 6.53. The lowest BCUT2D eigenvalue weighted by molar-refractivity contribution is -0.123. The predicted molar refractivity (Wildman–Crippen MR) is 60.1 cm³/mol. The first-order valence-electron chi connectivity index (χ1n) is 5.41. The van der Waals surface area contributed by atoms with Crippen molar-refractivity contribution in [3.05, 3.63) is 29.8 Å². The summed E-state index contributed by atoms with van der Waals surface area (Å²) in [7, 11) is 0. The van der Waals surface area contributed by atoms with Crippen LogP contribution in [-0.4, -0.2) is 29.6 Å². The number of benzene rings is 1. The third-order valence-corrected chi connectivity index (χ3v) is 2.42. The van der Waals surface area contributed by atoms with Crippen LogP contribution in [0, 0.1) is 0 Å². The second-order valence-corrected chi connectivity index (χ2v) is 3.93. The number of ether oxygens (including phenoxy) is 1. The molecule has 1 fully saturated rings. The Morgan fingerprint density at radius 1 is 1.35 bits per heavy atom. The van der Waals surface area contributed by atoms with E-state index in [4.69, 9.17) is 9.84 Å². The SMILES string of the molecule is O=C(COc1ccccc1C(=O)O)NC1CC1. The van der Waals surface area contributed by atoms with Gasteiger partial charge in [-0.3, -0.25) is 4.79 Å². The molecule has 0 aromatic heterocycles. The summed E-state index contributed by atoms with van der Waals surface area (Å²) in [5, 5.41) is 11.7. The van der Waals surface area contributed by atoms with E-state index in [9.17, 15) is 9.59 Å². The average molecular weight is 235 g/mol. The molecule has 1 aliphatic rings. The monoisotopic (exact) mass is 235 g/mol. The molecule has 1 aromatic carbocycles. The lowest BCUT2D eigenvalue weighted by atomic mass is 10.2. The number of carboxylic acids is 1. The van der Waals surface area contributed by atoms with Gasteiger partial charge in [0, 0.05) is 6.04 Å². The number of aromatic carboxylic acids is 1. The van der Waals surface area contributed by atoms with E-state index in [2.05, 4.69) is 5.32 Å². The van der Waals surface area contributed by atoms with Gasteiger partial charge in [0.25, 0.3) is 5.91 Å². The number of hydrogen-bond acceptors (Lipinski definition) is 3. The Balaban J connectivity index is 1.93. The molecule has 0 radical (unpaired) electrons. The number of carbonyl (C=O) groups is 2. The van der Waals surface area contributed by atoms with Crippen LogP contribution in [0.1, 0.15) is 23.2 Å². The molecular formula is C12H13NO4. The van der Waals surface area contributed by atoms with Crippen LogP contribution in [-0.2, 0) is 4.79 Å². The Labute approximate surface area is 98.4 Å². The second kappa shape index (κ2) is 4.86. The van der Waals surface area contributed by atoms with Crippen molar-refractivity contribution in [3.63, 3.8) is 0 Å². The zero-order chi connectivity index (χ0) is 12.3. The van der Waals surface area contributed by atoms with E-state index in [-0.39, 0.29) is 29.9 Å². The molecule has 0 aliphatic heterocycles. The summed E-state index contributed by atoms with van der Waals surface area (Å²) >= 11 is 0. The minimum atomic E-state index is -1.07. The minimum Gasteiger partial charge on any atom is -0.483 e. The number of hydrogen-bond donors (Lipinski definition) is 2. The molecule has 0 heterocycles. The molecule has 5 heteroatoms. The van der Waals surface area contributed by atoms with E-state index in [1.165, 1.54) is 12.1 Å². The maximum absolute atomic E-state index is 11.4. The van der Waals surface area contributed by atoms with E-state index in [0.717, 1.165) is 12.8 Å². The van der Waals surface area contributed by atoms with Crippen molar-refractivity contribution < 1.29 is 19.4 Å². The highest BCUT2D eigenvalue weighted by atomic mass is 16.5. The molecule has 2 N–H and O–H groups in total. The normalized spacial score (nSPS) is 14.1. The van der Waals surface area contributed by atoms with Crippen LogP contribution in [0.5, 0.6) is 5.75 Å². The Bertz CT molecular complexity index is 440. The van der Waals surface area contributed by atoms with Crippen molar-refractivity contribution in [3.8, 4) is 5.75 Å². The highest BCUT2D eigenvalue weighted by molar-refractivity contribution is 5.91. The van der Waals surface area contributed by atoms with Crippen molar-refractivity contribution >= 4 is 11.9 Å². The van der Waals surface area contributed by atoms with Crippen LogP contribution in [0.3, 0.4) is 0 Å². The number of rotatable bonds is 5. The lowest BCUT2D eigenvalue weighted by Gasteiger charge is -2.08. The molecule has 1 amide bonds. The van der Waals surface area contributed by atoms with E-state index in [0.29, 0.717) is 0 Å². The van der Waals surface area contributed by atoms with Gasteiger partial charge in [-0.15, -0.1) is 0 Å². The Hall–Kier alpha value is -2.04. The Morgan fingerprint density at radius 3 is 2.71 bits per heavy atom. The third kappa shape index (κ3) is 3.21. The van der Waals surface area contributed by atoms with Crippen molar-refractivity contribution in [2.24, 2.45) is 0 Å². The summed E-state index contributed by atoms with van der Waals surface area (Å²) < 4.78 is 5.20. The summed E-state index contributed by atoms with van der Waals surface area (Å²) in [5.74, 6) is -1.07. The zero-order valence-electron chi connectivity index (χ0n) is 9.18. The molecular weight excluding hydrogens is 222 g/mol. The standard InChI is InChI=1S/C12H13NO4/c14-11(13-8-5-6-8)7-17-10-4-2-1-3-9(10)12(15)16/h1-4,8H,5-7H2,(H,13,14)(H,15,16). The third-order valence-electron chi connectivity index (χ3n) is 2.42. The van der Waals surface area contributed by atoms with Crippen LogP contribution in [0.4, 0.5) is 0 Å². The molecule has 5 nitrogen and oxygen atoms in total. The fourth-order valence-corrected chi connectivity index (χ4v) is 1.41. The van der Waals surface area contributed by atoms with Crippen LogP contribution < -0.4 is 10.1 Å². The summed E-state index contributed by atoms with van der Waals surface area (Å²) in [4.78, 5) is 22.2. The van der Waals surface area contributed by atoms with Gasteiger partial charge in [0.15, 0.2) is 6.61 Å². The fraction of sp³-hybridized carbons (Fsp3) is 0.333. The van der Waals surface area contributed by atoms with Crippen molar-refractivity contribution in [2.75, 3.05) is 6.61 Å². The molecule has 90 valence electrons. The molecule has 0 bridgehead atoms. The summed E-state index contributed by atoms with van der Waals surface area (Å²) in [6.07, 6.45) is 2.02. The molecule has 1 saturated carbocycles. The molecule has 17 heavy (non-hydrogen) atoms. The molecule has 0 unspecified atom stereocenters. The lowest BCUT2D eigenvalue weighted by Crippen LogP contribution is -2.30. The highest BCUT2D eigenvalue weighted by Crippen LogP contribution is 2.19. The molecule has 0 saturated heterocycles. The molecule has 1 aliphatic carbocycles. The van der Waals surface area contributed by atoms with Crippen molar-refractivity contribution in [1.29, 1.82) is 0 Å². The van der Waals surface area contributed by atoms with Gasteiger partial charge < -0.3 is 15.2 Å². The molecule has 2 rings (SSSR count). The minimum absolute atomic E-state index is 0.0618. The fourth-order valence-electron chi connectivity index (χ4n) is 1.41. The van der Waals surface area contributed by atoms with Gasteiger partial charge in [0.05, 0.1) is 0 Å². The average Bonchev–Trinajstić information content (AvgIpc) is 3.10. The first-order chi connectivity index (χ1) is 8.16. The van der Waals surface area contributed by atoms with Crippen LogP contribution in [0.15, 0.2) is 24.3 Å². The smallest absolute Gasteiger partial charge is 0.339 e. The number of para-hydroxylation sites is 1. The van der Waals surface area contributed by atoms with E-state index >= 15 is 0 Å². The van der Waals surface area contributed by atoms with E-state index in [1.54, 1.807) is 12.1 Å².